The van der Waals surface area contributed by atoms with Crippen LogP contribution >= 0.6 is 11.6 Å². The average molecular weight is 468 g/mol. The number of aromatic nitrogens is 2. The van der Waals surface area contributed by atoms with E-state index in [0.717, 1.165) is 33.8 Å². The average Bonchev–Trinajstić information content (AvgIpc) is 2.99. The maximum Gasteiger partial charge on any atom is 0.307 e. The highest BCUT2D eigenvalue weighted by molar-refractivity contribution is 6.32. The Hall–Kier alpha value is -3.16. The SMILES string of the molecule is Cc1cc(Cc2ccccc2)nn1-c1c(Cl)ccc2c1CCNCC2C(CC(=O)O)C(=O)O. The monoisotopic (exact) mass is 467 g/mol. The first-order valence-corrected chi connectivity index (χ1v) is 11.3. The molecule has 3 aromatic rings. The molecule has 7 nitrogen and oxygen atoms in total. The normalized spacial score (nSPS) is 16.6. The van der Waals surface area contributed by atoms with E-state index in [9.17, 15) is 19.8 Å². The molecule has 2 atom stereocenters. The Morgan fingerprint density at radius 3 is 2.67 bits per heavy atom. The molecule has 1 aliphatic heterocycles. The van der Waals surface area contributed by atoms with Crippen molar-refractivity contribution in [3.8, 4) is 5.69 Å². The second kappa shape index (κ2) is 9.77. The first kappa shape index (κ1) is 23.0. The van der Waals surface area contributed by atoms with E-state index in [2.05, 4.69) is 17.4 Å². The van der Waals surface area contributed by atoms with Crippen LogP contribution < -0.4 is 5.32 Å². The van der Waals surface area contributed by atoms with Crippen molar-refractivity contribution >= 4 is 23.5 Å². The van der Waals surface area contributed by atoms with E-state index in [1.54, 1.807) is 6.07 Å². The van der Waals surface area contributed by atoms with Crippen LogP contribution in [0, 0.1) is 12.8 Å². The summed E-state index contributed by atoms with van der Waals surface area (Å²) in [5, 5.41) is 27.7. The van der Waals surface area contributed by atoms with Crippen LogP contribution in [0.1, 0.15) is 40.4 Å². The molecule has 0 saturated carbocycles. The predicted octanol–water partition coefficient (Wildman–Crippen LogP) is 3.83. The molecule has 2 unspecified atom stereocenters. The number of carbonyl (C=O) groups is 2. The predicted molar refractivity (Wildman–Crippen MR) is 125 cm³/mol. The molecule has 1 aliphatic rings. The number of carboxylic acid groups (broad SMARTS) is 2. The highest BCUT2D eigenvalue weighted by Crippen LogP contribution is 2.37. The van der Waals surface area contributed by atoms with Gasteiger partial charge in [-0.2, -0.15) is 5.10 Å². The van der Waals surface area contributed by atoms with Gasteiger partial charge in [0.05, 0.1) is 28.7 Å². The number of carboxylic acids is 2. The van der Waals surface area contributed by atoms with Crippen LogP contribution in [0.5, 0.6) is 0 Å². The van der Waals surface area contributed by atoms with Crippen LogP contribution in [0.2, 0.25) is 5.02 Å². The number of nitrogens with zero attached hydrogens (tertiary/aromatic N) is 2. The first-order chi connectivity index (χ1) is 15.8. The molecule has 2 heterocycles. The van der Waals surface area contributed by atoms with E-state index in [1.165, 1.54) is 0 Å². The van der Waals surface area contributed by atoms with Crippen molar-refractivity contribution in [3.05, 3.63) is 81.6 Å². The molecule has 3 N–H and O–H groups in total. The molecule has 0 amide bonds. The van der Waals surface area contributed by atoms with E-state index >= 15 is 0 Å². The second-order valence-corrected chi connectivity index (χ2v) is 8.83. The van der Waals surface area contributed by atoms with Crippen LogP contribution in [-0.2, 0) is 22.4 Å². The quantitative estimate of drug-likeness (QED) is 0.488. The van der Waals surface area contributed by atoms with Gasteiger partial charge in [0.1, 0.15) is 0 Å². The van der Waals surface area contributed by atoms with Crippen molar-refractivity contribution in [3.63, 3.8) is 0 Å². The molecule has 172 valence electrons. The lowest BCUT2D eigenvalue weighted by Crippen LogP contribution is -2.31. The number of halogens is 1. The summed E-state index contributed by atoms with van der Waals surface area (Å²) in [4.78, 5) is 23.4. The Morgan fingerprint density at radius 1 is 1.21 bits per heavy atom. The van der Waals surface area contributed by atoms with Gasteiger partial charge in [-0.15, -0.1) is 0 Å². The van der Waals surface area contributed by atoms with Gasteiger partial charge >= 0.3 is 11.9 Å². The second-order valence-electron chi connectivity index (χ2n) is 8.42. The van der Waals surface area contributed by atoms with Gasteiger partial charge in [0.15, 0.2) is 0 Å². The lowest BCUT2D eigenvalue weighted by molar-refractivity contribution is -0.149. The maximum absolute atomic E-state index is 12.0. The third-order valence-corrected chi connectivity index (χ3v) is 6.47. The summed E-state index contributed by atoms with van der Waals surface area (Å²) in [6, 6.07) is 15.7. The van der Waals surface area contributed by atoms with Crippen molar-refractivity contribution in [1.82, 2.24) is 15.1 Å². The highest BCUT2D eigenvalue weighted by Gasteiger charge is 2.35. The van der Waals surface area contributed by atoms with Gasteiger partial charge in [-0.1, -0.05) is 48.0 Å². The molecule has 1 aromatic heterocycles. The van der Waals surface area contributed by atoms with E-state index in [0.29, 0.717) is 31.0 Å². The molecule has 0 bridgehead atoms. The summed E-state index contributed by atoms with van der Waals surface area (Å²) >= 11 is 6.67. The van der Waals surface area contributed by atoms with Gasteiger partial charge in [-0.25, -0.2) is 4.68 Å². The molecule has 0 saturated heterocycles. The zero-order valence-corrected chi connectivity index (χ0v) is 19.0. The van der Waals surface area contributed by atoms with E-state index in [4.69, 9.17) is 16.7 Å². The van der Waals surface area contributed by atoms with Crippen molar-refractivity contribution in [1.29, 1.82) is 0 Å². The molecule has 4 rings (SSSR count). The van der Waals surface area contributed by atoms with Crippen LogP contribution in [0.15, 0.2) is 48.5 Å². The highest BCUT2D eigenvalue weighted by atomic mass is 35.5. The number of aliphatic carboxylic acids is 2. The Kier molecular flexibility index (Phi) is 6.81. The Bertz CT molecular complexity index is 1180. The summed E-state index contributed by atoms with van der Waals surface area (Å²) in [7, 11) is 0. The smallest absolute Gasteiger partial charge is 0.307 e. The summed E-state index contributed by atoms with van der Waals surface area (Å²) in [5.74, 6) is -3.79. The maximum atomic E-state index is 12.0. The first-order valence-electron chi connectivity index (χ1n) is 10.9. The zero-order chi connectivity index (χ0) is 23.5. The number of hydrogen-bond donors (Lipinski definition) is 3. The molecular formula is C25H26ClN3O4. The van der Waals surface area contributed by atoms with Gasteiger partial charge in [0.2, 0.25) is 0 Å². The van der Waals surface area contributed by atoms with Gasteiger partial charge in [0.25, 0.3) is 0 Å². The molecule has 2 aromatic carbocycles. The molecule has 0 spiro atoms. The van der Waals surface area contributed by atoms with Crippen LogP contribution in [0.25, 0.3) is 5.69 Å². The Labute approximate surface area is 197 Å². The molecule has 0 fully saturated rings. The van der Waals surface area contributed by atoms with E-state index in [-0.39, 0.29) is 0 Å². The van der Waals surface area contributed by atoms with E-state index in [1.807, 2.05) is 41.9 Å². The third-order valence-electron chi connectivity index (χ3n) is 6.16. The molecule has 8 heteroatoms. The van der Waals surface area contributed by atoms with Gasteiger partial charge < -0.3 is 15.5 Å². The van der Waals surface area contributed by atoms with E-state index < -0.39 is 30.2 Å². The molecule has 33 heavy (non-hydrogen) atoms. The van der Waals surface area contributed by atoms with Crippen molar-refractivity contribution < 1.29 is 19.8 Å². The lowest BCUT2D eigenvalue weighted by atomic mass is 9.81. The minimum atomic E-state index is -1.13. The molecular weight excluding hydrogens is 442 g/mol. The number of fused-ring (bicyclic) bond motifs is 1. The largest absolute Gasteiger partial charge is 0.481 e. The topological polar surface area (TPSA) is 104 Å². The van der Waals surface area contributed by atoms with Crippen molar-refractivity contribution in [2.45, 2.75) is 32.1 Å². The molecule has 0 aliphatic carbocycles. The number of hydrogen-bond acceptors (Lipinski definition) is 4. The van der Waals surface area contributed by atoms with Crippen molar-refractivity contribution in [2.24, 2.45) is 5.92 Å². The number of nitrogens with one attached hydrogen (secondary N) is 1. The minimum absolute atomic E-state index is 0.385. The molecule has 0 radical (unpaired) electrons. The Balaban J connectivity index is 1.78. The third kappa shape index (κ3) is 4.94. The Morgan fingerprint density at radius 2 is 1.97 bits per heavy atom. The summed E-state index contributed by atoms with van der Waals surface area (Å²) in [6.07, 6.45) is 0.876. The minimum Gasteiger partial charge on any atom is -0.481 e. The van der Waals surface area contributed by atoms with Crippen LogP contribution in [0.4, 0.5) is 0 Å². The number of rotatable bonds is 7. The fourth-order valence-electron chi connectivity index (χ4n) is 4.65. The summed E-state index contributed by atoms with van der Waals surface area (Å²) in [6.45, 7) is 2.98. The summed E-state index contributed by atoms with van der Waals surface area (Å²) < 4.78 is 1.83. The fourth-order valence-corrected chi connectivity index (χ4v) is 4.91. The van der Waals surface area contributed by atoms with Crippen LogP contribution in [0.3, 0.4) is 0 Å². The van der Waals surface area contributed by atoms with Gasteiger partial charge in [-0.05, 0) is 48.7 Å². The van der Waals surface area contributed by atoms with Gasteiger partial charge in [-0.3, -0.25) is 9.59 Å². The van der Waals surface area contributed by atoms with Crippen LogP contribution in [-0.4, -0.2) is 45.0 Å². The zero-order valence-electron chi connectivity index (χ0n) is 18.3. The van der Waals surface area contributed by atoms with Crippen molar-refractivity contribution in [2.75, 3.05) is 13.1 Å². The fraction of sp³-hybridized carbons (Fsp3) is 0.320. The summed E-state index contributed by atoms with van der Waals surface area (Å²) in [5.41, 5.74) is 5.44. The van der Waals surface area contributed by atoms with Gasteiger partial charge in [0, 0.05) is 24.6 Å². The standard InChI is InChI=1S/C25H26ClN3O4/c1-15-11-17(12-16-5-3-2-4-6-16)28-29(15)24-19-9-10-27-14-21(18(19)7-8-22(24)26)20(25(32)33)13-23(30)31/h2-8,11,20-21,27H,9-10,12-14H2,1H3,(H,30,31)(H,32,33). The number of benzene rings is 2. The lowest BCUT2D eigenvalue weighted by Gasteiger charge is -2.25. The number of aryl methyl sites for hydroxylation is 1.